The molecule has 0 amide bonds. The molecule has 0 fully saturated rings. The third-order valence-corrected chi connectivity index (χ3v) is 2.60. The molecule has 0 aliphatic carbocycles. The summed E-state index contributed by atoms with van der Waals surface area (Å²) >= 11 is 0. The summed E-state index contributed by atoms with van der Waals surface area (Å²) in [6, 6.07) is 9.71. The van der Waals surface area contributed by atoms with Crippen LogP contribution in [0.15, 0.2) is 36.4 Å². The van der Waals surface area contributed by atoms with Crippen LogP contribution in [0.4, 0.5) is 0 Å². The van der Waals surface area contributed by atoms with Crippen LogP contribution in [0.25, 0.3) is 0 Å². The molecule has 4 nitrogen and oxygen atoms in total. The van der Waals surface area contributed by atoms with E-state index in [1.807, 2.05) is 13.0 Å². The smallest absolute Gasteiger partial charge is 0.164 e. The van der Waals surface area contributed by atoms with E-state index < -0.39 is 0 Å². The molecule has 0 heterocycles. The van der Waals surface area contributed by atoms with Gasteiger partial charge in [0.05, 0.1) is 0 Å². The number of aromatic hydroxyl groups is 3. The molecule has 4 heteroatoms. The van der Waals surface area contributed by atoms with Gasteiger partial charge in [0.25, 0.3) is 0 Å². The fourth-order valence-corrected chi connectivity index (χ4v) is 1.60. The van der Waals surface area contributed by atoms with Crippen LogP contribution in [0.1, 0.15) is 11.1 Å². The van der Waals surface area contributed by atoms with Gasteiger partial charge in [-0.05, 0) is 30.7 Å². The van der Waals surface area contributed by atoms with Crippen molar-refractivity contribution < 1.29 is 20.1 Å². The molecule has 0 saturated heterocycles. The van der Waals surface area contributed by atoms with Gasteiger partial charge in [-0.25, -0.2) is 0 Å². The Labute approximate surface area is 105 Å². The van der Waals surface area contributed by atoms with Crippen LogP contribution < -0.4 is 4.74 Å². The van der Waals surface area contributed by atoms with Crippen LogP contribution >= 0.6 is 0 Å². The van der Waals surface area contributed by atoms with E-state index in [4.69, 9.17) is 4.74 Å². The lowest BCUT2D eigenvalue weighted by molar-refractivity contribution is 0.281. The van der Waals surface area contributed by atoms with E-state index in [0.29, 0.717) is 11.3 Å². The normalized spacial score (nSPS) is 10.3. The first-order valence-electron chi connectivity index (χ1n) is 5.50. The standard InChI is InChI=1S/C14H14O4/c1-9-5-6-13(12(16)7-9)18-8-10-3-2-4-11(15)14(10)17/h2-7,15-17H,8H2,1H3. The summed E-state index contributed by atoms with van der Waals surface area (Å²) in [5.41, 5.74) is 1.38. The number of rotatable bonds is 3. The molecule has 94 valence electrons. The molecule has 0 bridgehead atoms. The molecule has 2 aromatic carbocycles. The third-order valence-electron chi connectivity index (χ3n) is 2.60. The summed E-state index contributed by atoms with van der Waals surface area (Å²) in [6.45, 7) is 1.93. The minimum atomic E-state index is -0.205. The number of phenolic OH excluding ortho intramolecular Hbond substituents is 3. The van der Waals surface area contributed by atoms with Crippen molar-refractivity contribution in [2.24, 2.45) is 0 Å². The Morgan fingerprint density at radius 1 is 1.00 bits per heavy atom. The molecule has 0 spiro atoms. The highest BCUT2D eigenvalue weighted by Crippen LogP contribution is 2.31. The van der Waals surface area contributed by atoms with E-state index in [-0.39, 0.29) is 23.9 Å². The molecular formula is C14H14O4. The number of benzene rings is 2. The second kappa shape index (κ2) is 4.87. The van der Waals surface area contributed by atoms with Crippen molar-refractivity contribution in [3.8, 4) is 23.0 Å². The van der Waals surface area contributed by atoms with Crippen molar-refractivity contribution in [2.75, 3.05) is 0 Å². The predicted molar refractivity (Wildman–Crippen MR) is 66.9 cm³/mol. The maximum Gasteiger partial charge on any atom is 0.164 e. The van der Waals surface area contributed by atoms with Crippen molar-refractivity contribution in [1.29, 1.82) is 0 Å². The van der Waals surface area contributed by atoms with Gasteiger partial charge in [-0.1, -0.05) is 18.2 Å². The van der Waals surface area contributed by atoms with E-state index in [0.717, 1.165) is 5.56 Å². The molecule has 0 aliphatic rings. The molecule has 0 aliphatic heterocycles. The lowest BCUT2D eigenvalue weighted by atomic mass is 10.2. The fourth-order valence-electron chi connectivity index (χ4n) is 1.60. The van der Waals surface area contributed by atoms with E-state index >= 15 is 0 Å². The molecule has 0 saturated carbocycles. The summed E-state index contributed by atoms with van der Waals surface area (Å²) in [5, 5.41) is 28.6. The van der Waals surface area contributed by atoms with Crippen LogP contribution in [-0.4, -0.2) is 15.3 Å². The monoisotopic (exact) mass is 246 g/mol. The molecule has 3 N–H and O–H groups in total. The molecule has 0 aromatic heterocycles. The lowest BCUT2D eigenvalue weighted by Gasteiger charge is -2.10. The van der Waals surface area contributed by atoms with Crippen molar-refractivity contribution in [3.63, 3.8) is 0 Å². The quantitative estimate of drug-likeness (QED) is 0.728. The van der Waals surface area contributed by atoms with Gasteiger partial charge in [-0.3, -0.25) is 0 Å². The number of para-hydroxylation sites is 1. The number of ether oxygens (including phenoxy) is 1. The molecule has 0 unspecified atom stereocenters. The van der Waals surface area contributed by atoms with E-state index in [1.165, 1.54) is 6.07 Å². The molecular weight excluding hydrogens is 232 g/mol. The Balaban J connectivity index is 2.14. The van der Waals surface area contributed by atoms with Gasteiger partial charge in [0.15, 0.2) is 23.0 Å². The van der Waals surface area contributed by atoms with Crippen LogP contribution in [0.2, 0.25) is 0 Å². The van der Waals surface area contributed by atoms with Crippen molar-refractivity contribution in [1.82, 2.24) is 0 Å². The molecule has 2 aromatic rings. The average molecular weight is 246 g/mol. The summed E-state index contributed by atoms with van der Waals surface area (Å²) < 4.78 is 5.39. The second-order valence-corrected chi connectivity index (χ2v) is 4.04. The Morgan fingerprint density at radius 2 is 1.78 bits per heavy atom. The van der Waals surface area contributed by atoms with Gasteiger partial charge < -0.3 is 20.1 Å². The van der Waals surface area contributed by atoms with E-state index in [1.54, 1.807) is 24.3 Å². The van der Waals surface area contributed by atoms with Gasteiger partial charge in [0, 0.05) is 5.56 Å². The topological polar surface area (TPSA) is 69.9 Å². The number of hydrogen-bond acceptors (Lipinski definition) is 4. The molecule has 0 radical (unpaired) electrons. The van der Waals surface area contributed by atoms with Gasteiger partial charge >= 0.3 is 0 Å². The summed E-state index contributed by atoms with van der Waals surface area (Å²) in [6.07, 6.45) is 0. The first kappa shape index (κ1) is 12.1. The Hall–Kier alpha value is -2.36. The van der Waals surface area contributed by atoms with E-state index in [9.17, 15) is 15.3 Å². The van der Waals surface area contributed by atoms with Crippen LogP contribution in [0.3, 0.4) is 0 Å². The van der Waals surface area contributed by atoms with Crippen molar-refractivity contribution in [2.45, 2.75) is 13.5 Å². The first-order chi connectivity index (χ1) is 8.58. The lowest BCUT2D eigenvalue weighted by Crippen LogP contribution is -1.96. The SMILES string of the molecule is Cc1ccc(OCc2cccc(O)c2O)c(O)c1. The Morgan fingerprint density at radius 3 is 2.50 bits per heavy atom. The minimum Gasteiger partial charge on any atom is -0.504 e. The largest absolute Gasteiger partial charge is 0.504 e. The van der Waals surface area contributed by atoms with Crippen molar-refractivity contribution in [3.05, 3.63) is 47.5 Å². The average Bonchev–Trinajstić information content (AvgIpc) is 2.33. The highest BCUT2D eigenvalue weighted by molar-refractivity contribution is 5.45. The highest BCUT2D eigenvalue weighted by Gasteiger charge is 2.08. The Bertz CT molecular complexity index is 564. The van der Waals surface area contributed by atoms with Crippen LogP contribution in [-0.2, 0) is 6.61 Å². The maximum atomic E-state index is 9.66. The van der Waals surface area contributed by atoms with Gasteiger partial charge in [-0.2, -0.15) is 0 Å². The predicted octanol–water partition coefficient (Wildman–Crippen LogP) is 2.69. The van der Waals surface area contributed by atoms with Crippen LogP contribution in [0, 0.1) is 6.92 Å². The fraction of sp³-hybridized carbons (Fsp3) is 0.143. The molecule has 18 heavy (non-hydrogen) atoms. The molecule has 2 rings (SSSR count). The maximum absolute atomic E-state index is 9.66. The number of phenols is 3. The van der Waals surface area contributed by atoms with Crippen LogP contribution in [0.5, 0.6) is 23.0 Å². The zero-order valence-electron chi connectivity index (χ0n) is 9.92. The van der Waals surface area contributed by atoms with Gasteiger partial charge in [0.1, 0.15) is 6.61 Å². The third kappa shape index (κ3) is 2.48. The Kier molecular flexibility index (Phi) is 3.28. The number of hydrogen-bond donors (Lipinski definition) is 3. The van der Waals surface area contributed by atoms with Gasteiger partial charge in [-0.15, -0.1) is 0 Å². The zero-order chi connectivity index (χ0) is 13.1. The summed E-state index contributed by atoms with van der Waals surface area (Å²) in [5.74, 6) is -0.00804. The zero-order valence-corrected chi connectivity index (χ0v) is 9.92. The van der Waals surface area contributed by atoms with Gasteiger partial charge in [0.2, 0.25) is 0 Å². The molecule has 0 atom stereocenters. The first-order valence-corrected chi connectivity index (χ1v) is 5.50. The second-order valence-electron chi connectivity index (χ2n) is 4.04. The highest BCUT2D eigenvalue weighted by atomic mass is 16.5. The van der Waals surface area contributed by atoms with Crippen molar-refractivity contribution >= 4 is 0 Å². The summed E-state index contributed by atoms with van der Waals surface area (Å²) in [7, 11) is 0. The minimum absolute atomic E-state index is 0.0506. The van der Waals surface area contributed by atoms with E-state index in [2.05, 4.69) is 0 Å². The summed E-state index contributed by atoms with van der Waals surface area (Å²) in [4.78, 5) is 0. The number of aryl methyl sites for hydroxylation is 1.